The number of carbonyl (C=O) groups excluding carboxylic acids is 6. The van der Waals surface area contributed by atoms with Gasteiger partial charge in [0.2, 0.25) is 29.5 Å². The van der Waals surface area contributed by atoms with Crippen molar-refractivity contribution in [1.29, 1.82) is 0 Å². The van der Waals surface area contributed by atoms with Gasteiger partial charge in [-0.05, 0) is 6.42 Å². The maximum atomic E-state index is 12.1. The molecule has 1 heterocycles. The summed E-state index contributed by atoms with van der Waals surface area (Å²) < 4.78 is 0. The zero-order valence-corrected chi connectivity index (χ0v) is 19.1. The largest absolute Gasteiger partial charge is 0.480 e. The lowest BCUT2D eigenvalue weighted by molar-refractivity contribution is -0.137. The predicted molar refractivity (Wildman–Crippen MR) is 119 cm³/mol. The van der Waals surface area contributed by atoms with E-state index in [1.54, 1.807) is 0 Å². The molecule has 0 radical (unpaired) electrons. The third-order valence-electron chi connectivity index (χ3n) is 4.24. The Kier molecular flexibility index (Phi) is 13.2. The van der Waals surface area contributed by atoms with E-state index in [0.717, 1.165) is 12.3 Å². The Morgan fingerprint density at radius 2 is 1.24 bits per heavy atom. The maximum Gasteiger partial charge on any atom is 0.322 e. The van der Waals surface area contributed by atoms with Gasteiger partial charge in [0, 0.05) is 18.7 Å². The van der Waals surface area contributed by atoms with Gasteiger partial charge in [-0.3, -0.25) is 38.9 Å². The first-order chi connectivity index (χ1) is 16.1. The quantitative estimate of drug-likeness (QED) is 0.105. The standard InChI is InChI=1S/C18H29N7O8S/c19-10(17(33)18-20-3-4-34-18)1-2-11(26)21-5-12(27)22-6-13(28)23-7-14(29)24-8-15(30)25-9-16(31)32/h10,18,20H,1-9,19H2,(H,21,26)(H,22,27)(H,23,28)(H,24,29)(H,25,30)(H,31,32)/t10-,18?/m0/s1. The van der Waals surface area contributed by atoms with Crippen molar-refractivity contribution in [2.24, 2.45) is 5.73 Å². The number of nitrogens with two attached hydrogens (primary N) is 1. The van der Waals surface area contributed by atoms with Crippen LogP contribution in [0.2, 0.25) is 0 Å². The third kappa shape index (κ3) is 12.7. The lowest BCUT2D eigenvalue weighted by atomic mass is 10.1. The molecule has 9 N–H and O–H groups in total. The summed E-state index contributed by atoms with van der Waals surface area (Å²) in [5, 5.41) is 22.1. The second-order valence-electron chi connectivity index (χ2n) is 7.03. The van der Waals surface area contributed by atoms with Crippen LogP contribution in [-0.4, -0.2) is 103 Å². The fourth-order valence-electron chi connectivity index (χ4n) is 2.46. The summed E-state index contributed by atoms with van der Waals surface area (Å²) >= 11 is 1.46. The van der Waals surface area contributed by atoms with Gasteiger partial charge in [-0.15, -0.1) is 11.8 Å². The molecule has 1 saturated heterocycles. The van der Waals surface area contributed by atoms with Gasteiger partial charge in [0.05, 0.1) is 32.2 Å². The average molecular weight is 504 g/mol. The van der Waals surface area contributed by atoms with Gasteiger partial charge in [-0.2, -0.15) is 0 Å². The fourth-order valence-corrected chi connectivity index (χ4v) is 3.51. The first-order valence-corrected chi connectivity index (χ1v) is 11.3. The normalized spacial score (nSPS) is 15.5. The van der Waals surface area contributed by atoms with Crippen LogP contribution in [0.25, 0.3) is 0 Å². The lowest BCUT2D eigenvalue weighted by Crippen LogP contribution is -2.46. The smallest absolute Gasteiger partial charge is 0.322 e. The molecule has 0 aromatic carbocycles. The molecule has 1 unspecified atom stereocenters. The lowest BCUT2D eigenvalue weighted by Gasteiger charge is -2.15. The molecule has 34 heavy (non-hydrogen) atoms. The monoisotopic (exact) mass is 503 g/mol. The summed E-state index contributed by atoms with van der Waals surface area (Å²) in [5.74, 6) is -3.80. The molecule has 1 aliphatic heterocycles. The molecule has 0 aromatic heterocycles. The molecular formula is C18H29N7O8S. The molecule has 16 heteroatoms. The number of aliphatic carboxylic acids is 1. The van der Waals surface area contributed by atoms with Gasteiger partial charge in [-0.25, -0.2) is 0 Å². The van der Waals surface area contributed by atoms with Crippen molar-refractivity contribution < 1.29 is 38.7 Å². The van der Waals surface area contributed by atoms with Crippen molar-refractivity contribution in [1.82, 2.24) is 31.9 Å². The molecule has 190 valence electrons. The number of ketones is 1. The van der Waals surface area contributed by atoms with Gasteiger partial charge in [0.15, 0.2) is 5.78 Å². The minimum absolute atomic E-state index is 0.0402. The third-order valence-corrected chi connectivity index (χ3v) is 5.42. The van der Waals surface area contributed by atoms with E-state index in [1.807, 2.05) is 5.32 Å². The minimum atomic E-state index is -1.24. The van der Waals surface area contributed by atoms with Crippen LogP contribution < -0.4 is 37.6 Å². The maximum absolute atomic E-state index is 12.1. The van der Waals surface area contributed by atoms with Crippen LogP contribution in [0, 0.1) is 0 Å². The van der Waals surface area contributed by atoms with Crippen LogP contribution in [0.15, 0.2) is 0 Å². The Hall–Kier alpha value is -3.24. The van der Waals surface area contributed by atoms with Crippen molar-refractivity contribution >= 4 is 53.1 Å². The number of carbonyl (C=O) groups is 7. The van der Waals surface area contributed by atoms with Gasteiger partial charge in [0.1, 0.15) is 11.9 Å². The fraction of sp³-hybridized carbons (Fsp3) is 0.611. The molecule has 15 nitrogen and oxygen atoms in total. The van der Waals surface area contributed by atoms with Crippen LogP contribution in [0.1, 0.15) is 12.8 Å². The van der Waals surface area contributed by atoms with E-state index in [1.165, 1.54) is 11.8 Å². The topological polar surface area (TPSA) is 238 Å². The summed E-state index contributed by atoms with van der Waals surface area (Å²) in [6.45, 7) is -1.63. The molecule has 1 rings (SSSR count). The van der Waals surface area contributed by atoms with E-state index in [0.29, 0.717) is 0 Å². The van der Waals surface area contributed by atoms with Crippen molar-refractivity contribution in [3.8, 4) is 0 Å². The Balaban J connectivity index is 2.11. The molecule has 0 aliphatic carbocycles. The summed E-state index contributed by atoms with van der Waals surface area (Å²) in [7, 11) is 0. The molecule has 0 spiro atoms. The summed E-state index contributed by atoms with van der Waals surface area (Å²) in [6.07, 6.45) is 0.0955. The molecule has 0 saturated carbocycles. The summed E-state index contributed by atoms with van der Waals surface area (Å²) in [4.78, 5) is 80.4. The minimum Gasteiger partial charge on any atom is -0.480 e. The van der Waals surface area contributed by atoms with Gasteiger partial charge >= 0.3 is 5.97 Å². The Labute approximate surface area is 199 Å². The van der Waals surface area contributed by atoms with Crippen molar-refractivity contribution in [2.45, 2.75) is 24.3 Å². The van der Waals surface area contributed by atoms with E-state index in [4.69, 9.17) is 10.8 Å². The molecule has 0 bridgehead atoms. The van der Waals surface area contributed by atoms with Crippen LogP contribution in [0.4, 0.5) is 0 Å². The van der Waals surface area contributed by atoms with Gasteiger partial charge in [-0.1, -0.05) is 0 Å². The summed E-state index contributed by atoms with van der Waals surface area (Å²) in [5.41, 5.74) is 5.81. The number of amides is 5. The summed E-state index contributed by atoms with van der Waals surface area (Å²) in [6, 6.07) is -0.789. The van der Waals surface area contributed by atoms with Crippen molar-refractivity contribution in [2.75, 3.05) is 45.0 Å². The average Bonchev–Trinajstić information content (AvgIpc) is 3.35. The molecule has 1 fully saturated rings. The highest BCUT2D eigenvalue weighted by Gasteiger charge is 2.27. The van der Waals surface area contributed by atoms with Gasteiger partial charge < -0.3 is 37.4 Å². The Morgan fingerprint density at radius 1 is 0.794 bits per heavy atom. The number of rotatable bonds is 15. The predicted octanol–water partition coefficient (Wildman–Crippen LogP) is -5.01. The zero-order chi connectivity index (χ0) is 25.5. The first kappa shape index (κ1) is 28.8. The highest BCUT2D eigenvalue weighted by atomic mass is 32.2. The van der Waals surface area contributed by atoms with E-state index in [-0.39, 0.29) is 30.5 Å². The Bertz CT molecular complexity index is 788. The van der Waals surface area contributed by atoms with Crippen molar-refractivity contribution in [3.05, 3.63) is 0 Å². The number of hydrogen-bond acceptors (Lipinski definition) is 10. The number of carboxylic acids is 1. The number of Topliss-reactive ketones (excluding diaryl/α,β-unsaturated/α-hetero) is 1. The molecule has 2 atom stereocenters. The number of carboxylic acid groups (broad SMARTS) is 1. The number of nitrogens with one attached hydrogen (secondary N) is 6. The van der Waals surface area contributed by atoms with Crippen molar-refractivity contribution in [3.63, 3.8) is 0 Å². The first-order valence-electron chi connectivity index (χ1n) is 10.3. The zero-order valence-electron chi connectivity index (χ0n) is 18.3. The molecule has 0 aromatic rings. The van der Waals surface area contributed by atoms with E-state index < -0.39 is 67.7 Å². The van der Waals surface area contributed by atoms with Crippen LogP contribution in [-0.2, 0) is 33.6 Å². The molecular weight excluding hydrogens is 474 g/mol. The second kappa shape index (κ2) is 15.6. The van der Waals surface area contributed by atoms with E-state index in [9.17, 15) is 33.6 Å². The highest BCUT2D eigenvalue weighted by Crippen LogP contribution is 2.16. The molecule has 5 amide bonds. The second-order valence-corrected chi connectivity index (χ2v) is 8.24. The Morgan fingerprint density at radius 3 is 1.65 bits per heavy atom. The van der Waals surface area contributed by atoms with Crippen LogP contribution >= 0.6 is 11.8 Å². The SMILES string of the molecule is N[C@@H](CCC(=O)NCC(=O)NCC(=O)NCC(=O)NCC(=O)NCC(=O)O)C(=O)C1NCCS1. The van der Waals surface area contributed by atoms with E-state index >= 15 is 0 Å². The van der Waals surface area contributed by atoms with E-state index in [2.05, 4.69) is 26.6 Å². The molecule has 1 aliphatic rings. The van der Waals surface area contributed by atoms with Gasteiger partial charge in [0.25, 0.3) is 0 Å². The number of thioether (sulfide) groups is 1. The number of hydrogen-bond donors (Lipinski definition) is 8. The highest BCUT2D eigenvalue weighted by molar-refractivity contribution is 8.00. The van der Waals surface area contributed by atoms with Crippen LogP contribution in [0.5, 0.6) is 0 Å². The van der Waals surface area contributed by atoms with Crippen LogP contribution in [0.3, 0.4) is 0 Å².